The van der Waals surface area contributed by atoms with Crippen molar-refractivity contribution in [1.29, 1.82) is 0 Å². The minimum Gasteiger partial charge on any atom is -0.366 e. The number of likely N-dealkylation sites (N-methyl/N-ethyl adjacent to an activating group) is 1. The first kappa shape index (κ1) is 21.5. The summed E-state index contributed by atoms with van der Waals surface area (Å²) < 4.78 is 0. The zero-order valence-corrected chi connectivity index (χ0v) is 19.4. The van der Waals surface area contributed by atoms with Crippen molar-refractivity contribution in [2.45, 2.75) is 6.92 Å². The van der Waals surface area contributed by atoms with Crippen LogP contribution in [0.1, 0.15) is 26.3 Å². The number of aromatic nitrogens is 1. The van der Waals surface area contributed by atoms with E-state index in [0.717, 1.165) is 46.1 Å². The molecule has 0 atom stereocenters. The highest BCUT2D eigenvalue weighted by molar-refractivity contribution is 6.32. The number of rotatable bonds is 3. The van der Waals surface area contributed by atoms with Crippen LogP contribution in [0.2, 0.25) is 5.02 Å². The molecule has 1 aromatic heterocycles. The third-order valence-corrected chi connectivity index (χ3v) is 7.02. The van der Waals surface area contributed by atoms with Gasteiger partial charge < -0.3 is 20.5 Å². The SMILES string of the molecule is Cc1c(Cl)cccc1-c1ccc(C(N)=O)c2[nH]c3cc(C(=O)N4CCN(C)CC4)ccc3c12. The van der Waals surface area contributed by atoms with Gasteiger partial charge in [-0.15, -0.1) is 0 Å². The second-order valence-corrected chi connectivity index (χ2v) is 9.08. The highest BCUT2D eigenvalue weighted by atomic mass is 35.5. The van der Waals surface area contributed by atoms with Gasteiger partial charge >= 0.3 is 0 Å². The Labute approximate surface area is 196 Å². The number of hydrogen-bond donors (Lipinski definition) is 2. The van der Waals surface area contributed by atoms with E-state index in [1.54, 1.807) is 6.07 Å². The maximum atomic E-state index is 13.1. The Morgan fingerprint density at radius 2 is 1.76 bits per heavy atom. The van der Waals surface area contributed by atoms with Gasteiger partial charge in [-0.2, -0.15) is 0 Å². The van der Waals surface area contributed by atoms with Gasteiger partial charge in [-0.1, -0.05) is 35.9 Å². The number of carbonyl (C=O) groups excluding carboxylic acids is 2. The lowest BCUT2D eigenvalue weighted by Gasteiger charge is -2.32. The first-order valence-electron chi connectivity index (χ1n) is 11.0. The number of benzene rings is 3. The van der Waals surface area contributed by atoms with Crippen molar-refractivity contribution < 1.29 is 9.59 Å². The second kappa shape index (κ2) is 8.21. The van der Waals surface area contributed by atoms with Crippen LogP contribution < -0.4 is 5.73 Å². The average molecular weight is 461 g/mol. The molecular weight excluding hydrogens is 436 g/mol. The summed E-state index contributed by atoms with van der Waals surface area (Å²) in [6, 6.07) is 15.1. The fourth-order valence-electron chi connectivity index (χ4n) is 4.67. The molecule has 0 bridgehead atoms. The molecule has 33 heavy (non-hydrogen) atoms. The summed E-state index contributed by atoms with van der Waals surface area (Å²) in [7, 11) is 2.06. The molecule has 4 aromatic rings. The second-order valence-electron chi connectivity index (χ2n) is 8.67. The van der Waals surface area contributed by atoms with Crippen LogP contribution in [0.4, 0.5) is 0 Å². The van der Waals surface area contributed by atoms with E-state index in [2.05, 4.69) is 16.9 Å². The molecule has 1 fully saturated rings. The van der Waals surface area contributed by atoms with Crippen molar-refractivity contribution >= 4 is 45.2 Å². The van der Waals surface area contributed by atoms with Crippen molar-refractivity contribution in [2.24, 2.45) is 5.73 Å². The van der Waals surface area contributed by atoms with Crippen molar-refractivity contribution in [3.8, 4) is 11.1 Å². The Hall–Kier alpha value is -3.35. The summed E-state index contributed by atoms with van der Waals surface area (Å²) in [5, 5.41) is 2.50. The number of primary amides is 1. The quantitative estimate of drug-likeness (QED) is 0.474. The molecule has 2 heterocycles. The van der Waals surface area contributed by atoms with E-state index in [1.165, 1.54) is 0 Å². The number of nitrogens with two attached hydrogens (primary N) is 1. The Bertz CT molecular complexity index is 1420. The molecule has 3 aromatic carbocycles. The number of nitrogens with one attached hydrogen (secondary N) is 1. The number of hydrogen-bond acceptors (Lipinski definition) is 3. The molecule has 3 N–H and O–H groups in total. The topological polar surface area (TPSA) is 82.4 Å². The van der Waals surface area contributed by atoms with Crippen LogP contribution in [0, 0.1) is 6.92 Å². The molecule has 6 nitrogen and oxygen atoms in total. The predicted octanol–water partition coefficient (Wildman–Crippen LogP) is 4.44. The predicted molar refractivity (Wildman–Crippen MR) is 133 cm³/mol. The number of halogens is 1. The molecular formula is C26H25ClN4O2. The highest BCUT2D eigenvalue weighted by Crippen LogP contribution is 2.39. The van der Waals surface area contributed by atoms with Gasteiger partial charge in [-0.05, 0) is 54.9 Å². The molecule has 0 unspecified atom stereocenters. The van der Waals surface area contributed by atoms with Crippen molar-refractivity contribution in [3.63, 3.8) is 0 Å². The van der Waals surface area contributed by atoms with Crippen LogP contribution in [-0.4, -0.2) is 59.8 Å². The summed E-state index contributed by atoms with van der Waals surface area (Å²) in [4.78, 5) is 32.8. The third kappa shape index (κ3) is 3.65. The normalized spacial score (nSPS) is 14.8. The maximum Gasteiger partial charge on any atom is 0.254 e. The minimum absolute atomic E-state index is 0.0182. The van der Waals surface area contributed by atoms with E-state index >= 15 is 0 Å². The van der Waals surface area contributed by atoms with Crippen molar-refractivity contribution in [1.82, 2.24) is 14.8 Å². The molecule has 0 radical (unpaired) electrons. The Kier molecular flexibility index (Phi) is 5.35. The van der Waals surface area contributed by atoms with E-state index in [9.17, 15) is 9.59 Å². The maximum absolute atomic E-state index is 13.1. The largest absolute Gasteiger partial charge is 0.366 e. The van der Waals surface area contributed by atoms with Crippen LogP contribution in [0.5, 0.6) is 0 Å². The summed E-state index contributed by atoms with van der Waals surface area (Å²) in [6.45, 7) is 5.14. The lowest BCUT2D eigenvalue weighted by Crippen LogP contribution is -2.47. The standard InChI is InChI=1S/C26H25ClN4O2/c1-15-17(4-3-5-21(15)27)18-8-9-20(25(28)32)24-23(18)19-7-6-16(14-22(19)29-24)26(33)31-12-10-30(2)11-13-31/h3-9,14,29H,10-13H2,1-2H3,(H2,28,32). The van der Waals surface area contributed by atoms with Gasteiger partial charge in [0.25, 0.3) is 11.8 Å². The summed E-state index contributed by atoms with van der Waals surface area (Å²) in [5.74, 6) is -0.487. The first-order chi connectivity index (χ1) is 15.8. The van der Waals surface area contributed by atoms with Gasteiger partial charge in [-0.3, -0.25) is 9.59 Å². The summed E-state index contributed by atoms with van der Waals surface area (Å²) in [6.07, 6.45) is 0. The number of nitrogens with zero attached hydrogens (tertiary/aromatic N) is 2. The van der Waals surface area contributed by atoms with Crippen LogP contribution in [0.25, 0.3) is 32.9 Å². The van der Waals surface area contributed by atoms with Gasteiger partial charge in [0.05, 0.1) is 11.1 Å². The number of amides is 2. The fourth-order valence-corrected chi connectivity index (χ4v) is 4.84. The summed E-state index contributed by atoms with van der Waals surface area (Å²) in [5.41, 5.74) is 11.1. The molecule has 0 spiro atoms. The lowest BCUT2D eigenvalue weighted by atomic mass is 9.94. The smallest absolute Gasteiger partial charge is 0.254 e. The Morgan fingerprint density at radius 3 is 2.48 bits per heavy atom. The van der Waals surface area contributed by atoms with E-state index < -0.39 is 5.91 Å². The first-order valence-corrected chi connectivity index (χ1v) is 11.3. The zero-order chi connectivity index (χ0) is 23.3. The number of piperazine rings is 1. The van der Waals surface area contributed by atoms with Crippen LogP contribution >= 0.6 is 11.6 Å². The molecule has 7 heteroatoms. The van der Waals surface area contributed by atoms with E-state index in [-0.39, 0.29) is 5.91 Å². The van der Waals surface area contributed by atoms with Crippen LogP contribution in [-0.2, 0) is 0 Å². The average Bonchev–Trinajstić information content (AvgIpc) is 3.19. The number of H-pyrrole nitrogens is 1. The molecule has 0 aliphatic carbocycles. The zero-order valence-electron chi connectivity index (χ0n) is 18.6. The molecule has 0 saturated carbocycles. The Balaban J connectivity index is 1.69. The third-order valence-electron chi connectivity index (χ3n) is 6.61. The van der Waals surface area contributed by atoms with Crippen molar-refractivity contribution in [3.05, 3.63) is 70.2 Å². The van der Waals surface area contributed by atoms with E-state index in [1.807, 2.05) is 54.3 Å². The van der Waals surface area contributed by atoms with Crippen LogP contribution in [0.3, 0.4) is 0 Å². The van der Waals surface area contributed by atoms with E-state index in [4.69, 9.17) is 17.3 Å². The van der Waals surface area contributed by atoms with Crippen molar-refractivity contribution in [2.75, 3.05) is 33.2 Å². The van der Waals surface area contributed by atoms with Crippen LogP contribution in [0.15, 0.2) is 48.5 Å². The van der Waals surface area contributed by atoms with Gasteiger partial charge in [-0.25, -0.2) is 0 Å². The monoisotopic (exact) mass is 460 g/mol. The molecule has 5 rings (SSSR count). The molecule has 1 saturated heterocycles. The molecule has 168 valence electrons. The molecule has 1 aliphatic heterocycles. The van der Waals surface area contributed by atoms with Gasteiger partial charge in [0.15, 0.2) is 0 Å². The summed E-state index contributed by atoms with van der Waals surface area (Å²) >= 11 is 6.40. The van der Waals surface area contributed by atoms with E-state index in [0.29, 0.717) is 34.8 Å². The Morgan fingerprint density at radius 1 is 1.00 bits per heavy atom. The van der Waals surface area contributed by atoms with Gasteiger partial charge in [0.2, 0.25) is 0 Å². The van der Waals surface area contributed by atoms with Gasteiger partial charge in [0.1, 0.15) is 0 Å². The number of aromatic amines is 1. The minimum atomic E-state index is -0.505. The molecule has 1 aliphatic rings. The highest BCUT2D eigenvalue weighted by Gasteiger charge is 2.22. The fraction of sp³-hybridized carbons (Fsp3) is 0.231. The number of fused-ring (bicyclic) bond motifs is 3. The lowest BCUT2D eigenvalue weighted by molar-refractivity contribution is 0.0664. The molecule has 2 amide bonds. The van der Waals surface area contributed by atoms with Gasteiger partial charge in [0, 0.05) is 53.1 Å². The number of carbonyl (C=O) groups is 2.